The molecule has 0 saturated carbocycles. The van der Waals surface area contributed by atoms with Crippen molar-refractivity contribution in [3.8, 4) is 0 Å². The lowest BCUT2D eigenvalue weighted by Gasteiger charge is -2.33. The molecule has 3 aromatic rings. The smallest absolute Gasteiger partial charge is 0.185 e. The van der Waals surface area contributed by atoms with Crippen LogP contribution in [0, 0.1) is 6.92 Å². The number of hydrogen-bond donors (Lipinski definition) is 0. The molecule has 0 radical (unpaired) electrons. The lowest BCUT2D eigenvalue weighted by Crippen LogP contribution is -2.38. The zero-order valence-electron chi connectivity index (χ0n) is 14.7. The van der Waals surface area contributed by atoms with Crippen LogP contribution in [0.1, 0.15) is 18.7 Å². The highest BCUT2D eigenvalue weighted by Gasteiger charge is 2.23. The van der Waals surface area contributed by atoms with Crippen LogP contribution in [0.15, 0.2) is 24.3 Å². The minimum atomic E-state index is 0.304. The summed E-state index contributed by atoms with van der Waals surface area (Å²) in [5.74, 6) is 1.81. The summed E-state index contributed by atoms with van der Waals surface area (Å²) < 4.78 is 12.8. The fourth-order valence-electron chi connectivity index (χ4n) is 3.43. The van der Waals surface area contributed by atoms with Crippen LogP contribution in [0.3, 0.4) is 0 Å². The average molecular weight is 341 g/mol. The fraction of sp³-hybridized carbons (Fsp3) is 0.500. The largest absolute Gasteiger partial charge is 0.382 e. The van der Waals surface area contributed by atoms with Crippen LogP contribution in [-0.4, -0.2) is 59.3 Å². The molecule has 3 heterocycles. The molecule has 7 nitrogen and oxygen atoms in total. The maximum atomic E-state index is 5.87. The maximum Gasteiger partial charge on any atom is 0.185 e. The van der Waals surface area contributed by atoms with Crippen LogP contribution in [-0.2, 0) is 9.47 Å². The molecule has 1 aliphatic rings. The highest BCUT2D eigenvalue weighted by Crippen LogP contribution is 2.29. The Morgan fingerprint density at radius 3 is 2.60 bits per heavy atom. The van der Waals surface area contributed by atoms with Crippen LogP contribution >= 0.6 is 0 Å². The third-order valence-corrected chi connectivity index (χ3v) is 4.78. The van der Waals surface area contributed by atoms with Gasteiger partial charge in [-0.2, -0.15) is 4.52 Å². The summed E-state index contributed by atoms with van der Waals surface area (Å²) in [6.07, 6.45) is 2.30. The van der Waals surface area contributed by atoms with E-state index in [1.807, 2.05) is 23.6 Å². The summed E-state index contributed by atoms with van der Waals surface area (Å²) in [7, 11) is 1.70. The van der Waals surface area contributed by atoms with Crippen LogP contribution in [0.5, 0.6) is 0 Å². The number of aromatic nitrogens is 4. The second-order valence-electron chi connectivity index (χ2n) is 6.40. The first-order valence-electron chi connectivity index (χ1n) is 8.74. The van der Waals surface area contributed by atoms with Gasteiger partial charge in [0.25, 0.3) is 0 Å². The first-order valence-corrected chi connectivity index (χ1v) is 8.74. The highest BCUT2D eigenvalue weighted by molar-refractivity contribution is 6.00. The fourth-order valence-corrected chi connectivity index (χ4v) is 3.43. The Bertz CT molecular complexity index is 870. The molecular weight excluding hydrogens is 318 g/mol. The van der Waals surface area contributed by atoms with Gasteiger partial charge in [-0.25, -0.2) is 0 Å². The van der Waals surface area contributed by atoms with E-state index in [-0.39, 0.29) is 0 Å². The summed E-state index contributed by atoms with van der Waals surface area (Å²) >= 11 is 0. The number of methoxy groups -OCH3 is 1. The molecule has 0 aliphatic carbocycles. The highest BCUT2D eigenvalue weighted by atomic mass is 16.5. The summed E-state index contributed by atoms with van der Waals surface area (Å²) in [5.41, 5.74) is 0.814. The van der Waals surface area contributed by atoms with Crippen molar-refractivity contribution >= 4 is 22.2 Å². The zero-order valence-corrected chi connectivity index (χ0v) is 14.7. The Morgan fingerprint density at radius 1 is 1.08 bits per heavy atom. The molecule has 0 amide bonds. The van der Waals surface area contributed by atoms with Crippen molar-refractivity contribution < 1.29 is 9.47 Å². The number of aryl methyl sites for hydroxylation is 1. The molecule has 1 aromatic carbocycles. The van der Waals surface area contributed by atoms with Crippen molar-refractivity contribution in [1.29, 1.82) is 0 Å². The summed E-state index contributed by atoms with van der Waals surface area (Å²) in [6.45, 7) is 5.11. The molecule has 2 aromatic heterocycles. The van der Waals surface area contributed by atoms with Gasteiger partial charge in [-0.15, -0.1) is 15.3 Å². The maximum absolute atomic E-state index is 5.87. The molecule has 1 fully saturated rings. The molecule has 4 rings (SSSR count). The number of fused-ring (bicyclic) bond motifs is 3. The van der Waals surface area contributed by atoms with Crippen molar-refractivity contribution in [3.63, 3.8) is 0 Å². The molecule has 0 atom stereocenters. The third kappa shape index (κ3) is 3.05. The monoisotopic (exact) mass is 341 g/mol. The second kappa shape index (κ2) is 6.93. The molecule has 0 N–H and O–H groups in total. The zero-order chi connectivity index (χ0) is 17.2. The molecule has 0 spiro atoms. The van der Waals surface area contributed by atoms with Gasteiger partial charge in [-0.05, 0) is 19.8 Å². The van der Waals surface area contributed by atoms with E-state index >= 15 is 0 Å². The topological polar surface area (TPSA) is 64.8 Å². The van der Waals surface area contributed by atoms with E-state index < -0.39 is 0 Å². The van der Waals surface area contributed by atoms with E-state index in [9.17, 15) is 0 Å². The molecule has 0 bridgehead atoms. The molecule has 1 aliphatic heterocycles. The van der Waals surface area contributed by atoms with Gasteiger partial charge >= 0.3 is 0 Å². The van der Waals surface area contributed by atoms with Crippen LogP contribution in [0.25, 0.3) is 16.4 Å². The van der Waals surface area contributed by atoms with Crippen molar-refractivity contribution in [3.05, 3.63) is 30.1 Å². The van der Waals surface area contributed by atoms with Gasteiger partial charge in [-0.1, -0.05) is 24.3 Å². The Labute approximate surface area is 146 Å². The Kier molecular flexibility index (Phi) is 4.50. The molecule has 1 saturated heterocycles. The van der Waals surface area contributed by atoms with Crippen LogP contribution in [0.4, 0.5) is 5.82 Å². The van der Waals surface area contributed by atoms with E-state index in [1.165, 1.54) is 0 Å². The van der Waals surface area contributed by atoms with Gasteiger partial charge in [0.2, 0.25) is 0 Å². The molecule has 132 valence electrons. The van der Waals surface area contributed by atoms with Gasteiger partial charge in [0.1, 0.15) is 0 Å². The lowest BCUT2D eigenvalue weighted by molar-refractivity contribution is 0.00605. The Hall–Kier alpha value is -2.25. The second-order valence-corrected chi connectivity index (χ2v) is 6.40. The van der Waals surface area contributed by atoms with Gasteiger partial charge in [0, 0.05) is 31.0 Å². The van der Waals surface area contributed by atoms with E-state index in [0.717, 1.165) is 54.0 Å². The predicted molar refractivity (Wildman–Crippen MR) is 96.1 cm³/mol. The summed E-state index contributed by atoms with van der Waals surface area (Å²) in [5, 5.41) is 15.5. The molecule has 7 heteroatoms. The number of benzene rings is 1. The average Bonchev–Trinajstić information content (AvgIpc) is 3.03. The molecule has 0 unspecified atom stereocenters. The van der Waals surface area contributed by atoms with E-state index in [2.05, 4.69) is 27.2 Å². The van der Waals surface area contributed by atoms with Crippen molar-refractivity contribution in [1.82, 2.24) is 19.8 Å². The van der Waals surface area contributed by atoms with Crippen LogP contribution in [0.2, 0.25) is 0 Å². The summed E-state index contributed by atoms with van der Waals surface area (Å²) in [6, 6.07) is 8.29. The summed E-state index contributed by atoms with van der Waals surface area (Å²) in [4.78, 5) is 2.34. The minimum Gasteiger partial charge on any atom is -0.382 e. The number of ether oxygens (including phenoxy) is 2. The van der Waals surface area contributed by atoms with Gasteiger partial charge in [0.15, 0.2) is 17.3 Å². The molecular formula is C18H23N5O2. The normalized spacial score (nSPS) is 16.2. The minimum absolute atomic E-state index is 0.304. The Balaban J connectivity index is 1.62. The number of nitrogens with zero attached hydrogens (tertiary/aromatic N) is 5. The van der Waals surface area contributed by atoms with Gasteiger partial charge in [0.05, 0.1) is 19.3 Å². The van der Waals surface area contributed by atoms with Crippen molar-refractivity contribution in [2.24, 2.45) is 0 Å². The first kappa shape index (κ1) is 16.2. The number of anilines is 1. The quantitative estimate of drug-likeness (QED) is 0.663. The van der Waals surface area contributed by atoms with Gasteiger partial charge < -0.3 is 14.4 Å². The number of rotatable bonds is 5. The third-order valence-electron chi connectivity index (χ3n) is 4.78. The van der Waals surface area contributed by atoms with Crippen molar-refractivity contribution in [2.75, 3.05) is 38.3 Å². The molecule has 25 heavy (non-hydrogen) atoms. The Morgan fingerprint density at radius 2 is 1.84 bits per heavy atom. The van der Waals surface area contributed by atoms with E-state index in [1.54, 1.807) is 7.11 Å². The number of hydrogen-bond acceptors (Lipinski definition) is 6. The lowest BCUT2D eigenvalue weighted by atomic mass is 10.1. The van der Waals surface area contributed by atoms with Gasteiger partial charge in [-0.3, -0.25) is 0 Å². The van der Waals surface area contributed by atoms with E-state index in [4.69, 9.17) is 14.6 Å². The van der Waals surface area contributed by atoms with Crippen molar-refractivity contribution in [2.45, 2.75) is 25.9 Å². The predicted octanol–water partition coefficient (Wildman–Crippen LogP) is 2.22. The SMILES string of the molecule is COCCOC1CCN(c2nn3c(C)nnc3c3ccccc23)CC1. The van der Waals surface area contributed by atoms with E-state index in [0.29, 0.717) is 19.3 Å². The number of piperidine rings is 1. The first-order chi connectivity index (χ1) is 12.3. The van der Waals surface area contributed by atoms with Crippen LogP contribution < -0.4 is 4.90 Å². The standard InChI is InChI=1S/C18H23N5O2/c1-13-19-20-17-15-5-3-4-6-16(15)18(21-23(13)17)22-9-7-14(8-10-22)25-12-11-24-2/h3-6,14H,7-12H2,1-2H3.